The lowest BCUT2D eigenvalue weighted by molar-refractivity contribution is 0.415. The predicted molar refractivity (Wildman–Crippen MR) is 79.4 cm³/mol. The lowest BCUT2D eigenvalue weighted by Crippen LogP contribution is -2.43. The molecule has 0 amide bonds. The fraction of sp³-hybridized carbons (Fsp3) is 0.500. The van der Waals surface area contributed by atoms with Crippen molar-refractivity contribution in [1.82, 2.24) is 4.72 Å². The van der Waals surface area contributed by atoms with Crippen molar-refractivity contribution in [3.63, 3.8) is 0 Å². The molecule has 1 unspecified atom stereocenters. The Balaban J connectivity index is 2.22. The summed E-state index contributed by atoms with van der Waals surface area (Å²) >= 11 is 0. The van der Waals surface area contributed by atoms with Crippen LogP contribution in [-0.4, -0.2) is 41.5 Å². The number of nitrogens with two attached hydrogens (primary N) is 1. The van der Waals surface area contributed by atoms with Crippen LogP contribution in [0.3, 0.4) is 0 Å². The molecular weight excluding hydrogens is 316 g/mol. The van der Waals surface area contributed by atoms with Gasteiger partial charge in [-0.05, 0) is 25.0 Å². The van der Waals surface area contributed by atoms with Crippen molar-refractivity contribution in [2.75, 3.05) is 24.3 Å². The van der Waals surface area contributed by atoms with Gasteiger partial charge in [0, 0.05) is 12.1 Å². The van der Waals surface area contributed by atoms with Gasteiger partial charge in [-0.3, -0.25) is 0 Å². The topological polar surface area (TPSA) is 116 Å². The summed E-state index contributed by atoms with van der Waals surface area (Å²) in [5.41, 5.74) is 5.97. The normalized spacial score (nSPS) is 21.9. The summed E-state index contributed by atoms with van der Waals surface area (Å²) in [4.78, 5) is -0.00322. The van der Waals surface area contributed by atoms with Crippen molar-refractivity contribution in [2.24, 2.45) is 0 Å². The molecule has 1 heterocycles. The molecule has 1 saturated heterocycles. The number of benzene rings is 1. The first kappa shape index (κ1) is 16.1. The van der Waals surface area contributed by atoms with E-state index in [1.165, 1.54) is 25.3 Å². The summed E-state index contributed by atoms with van der Waals surface area (Å²) in [6.07, 6.45) is 0.963. The average molecular weight is 334 g/mol. The lowest BCUT2D eigenvalue weighted by atomic mass is 10.2. The molecule has 3 N–H and O–H groups in total. The van der Waals surface area contributed by atoms with E-state index in [2.05, 4.69) is 4.72 Å². The molecule has 118 valence electrons. The number of nitrogens with one attached hydrogen (secondary N) is 1. The van der Waals surface area contributed by atoms with Crippen LogP contribution < -0.4 is 15.2 Å². The zero-order chi connectivity index (χ0) is 15.7. The third kappa shape index (κ3) is 3.86. The average Bonchev–Trinajstić information content (AvgIpc) is 2.37. The monoisotopic (exact) mass is 334 g/mol. The molecule has 1 atom stereocenters. The molecule has 0 aromatic heterocycles. The SMILES string of the molecule is COc1cc(S(=O)(=O)NC2CCCS(=O)(=O)C2)ccc1N. The zero-order valence-corrected chi connectivity index (χ0v) is 13.2. The quantitative estimate of drug-likeness (QED) is 0.756. The number of nitrogen functional groups attached to an aromatic ring is 1. The number of hydrogen-bond donors (Lipinski definition) is 2. The van der Waals surface area contributed by atoms with E-state index in [9.17, 15) is 16.8 Å². The standard InChI is InChI=1S/C12H18N2O5S2/c1-19-12-7-10(4-5-11(12)13)21(17,18)14-9-3-2-6-20(15,16)8-9/h4-5,7,9,14H,2-3,6,8,13H2,1H3. The van der Waals surface area contributed by atoms with Gasteiger partial charge in [-0.1, -0.05) is 0 Å². The van der Waals surface area contributed by atoms with Crippen molar-refractivity contribution >= 4 is 25.5 Å². The van der Waals surface area contributed by atoms with Gasteiger partial charge >= 0.3 is 0 Å². The maximum absolute atomic E-state index is 12.3. The molecule has 1 aliphatic heterocycles. The minimum absolute atomic E-state index is 0.00322. The minimum atomic E-state index is -3.81. The molecule has 0 radical (unpaired) electrons. The number of rotatable bonds is 4. The Hall–Kier alpha value is -1.32. The fourth-order valence-corrected chi connectivity index (χ4v) is 5.29. The van der Waals surface area contributed by atoms with Gasteiger partial charge in [-0.15, -0.1) is 0 Å². The Morgan fingerprint density at radius 2 is 2.10 bits per heavy atom. The highest BCUT2D eigenvalue weighted by molar-refractivity contribution is 7.91. The van der Waals surface area contributed by atoms with Crippen LogP contribution in [0.5, 0.6) is 5.75 Å². The molecule has 2 rings (SSSR count). The maximum Gasteiger partial charge on any atom is 0.240 e. The lowest BCUT2D eigenvalue weighted by Gasteiger charge is -2.23. The van der Waals surface area contributed by atoms with E-state index in [1.54, 1.807) is 0 Å². The summed E-state index contributed by atoms with van der Waals surface area (Å²) in [6.45, 7) is 0. The minimum Gasteiger partial charge on any atom is -0.495 e. The van der Waals surface area contributed by atoms with Crippen LogP contribution in [0.1, 0.15) is 12.8 Å². The molecule has 0 saturated carbocycles. The summed E-state index contributed by atoms with van der Waals surface area (Å²) in [7, 11) is -5.60. The van der Waals surface area contributed by atoms with Gasteiger partial charge in [0.1, 0.15) is 5.75 Å². The van der Waals surface area contributed by atoms with Crippen LogP contribution in [0, 0.1) is 0 Å². The molecule has 0 bridgehead atoms. The van der Waals surface area contributed by atoms with Crippen molar-refractivity contribution in [2.45, 2.75) is 23.8 Å². The third-order valence-corrected chi connectivity index (χ3v) is 6.64. The number of ether oxygens (including phenoxy) is 1. The number of methoxy groups -OCH3 is 1. The van der Waals surface area contributed by atoms with Gasteiger partial charge in [-0.2, -0.15) is 0 Å². The molecule has 1 aromatic carbocycles. The summed E-state index contributed by atoms with van der Waals surface area (Å²) in [5, 5.41) is 0. The second kappa shape index (κ2) is 5.82. The van der Waals surface area contributed by atoms with Gasteiger partial charge < -0.3 is 10.5 Å². The summed E-state index contributed by atoms with van der Waals surface area (Å²) in [6, 6.07) is 3.51. The molecule has 1 aliphatic rings. The van der Waals surface area contributed by atoms with Crippen molar-refractivity contribution in [1.29, 1.82) is 0 Å². The Morgan fingerprint density at radius 3 is 2.71 bits per heavy atom. The number of sulfone groups is 1. The van der Waals surface area contributed by atoms with Gasteiger partial charge in [-0.25, -0.2) is 21.6 Å². The van der Waals surface area contributed by atoms with Crippen LogP contribution in [0.25, 0.3) is 0 Å². The highest BCUT2D eigenvalue weighted by Gasteiger charge is 2.29. The highest BCUT2D eigenvalue weighted by Crippen LogP contribution is 2.25. The van der Waals surface area contributed by atoms with Crippen LogP contribution in [0.2, 0.25) is 0 Å². The summed E-state index contributed by atoms with van der Waals surface area (Å²) in [5.74, 6) is 0.202. The van der Waals surface area contributed by atoms with Crippen molar-refractivity contribution in [3.8, 4) is 5.75 Å². The number of anilines is 1. The predicted octanol–water partition coefficient (Wildman–Crippen LogP) is 0.133. The molecule has 1 aromatic rings. The molecule has 0 spiro atoms. The first-order valence-electron chi connectivity index (χ1n) is 6.40. The largest absolute Gasteiger partial charge is 0.495 e. The first-order valence-corrected chi connectivity index (χ1v) is 9.70. The smallest absolute Gasteiger partial charge is 0.240 e. The van der Waals surface area contributed by atoms with Gasteiger partial charge in [0.2, 0.25) is 10.0 Å². The molecular formula is C12H18N2O5S2. The van der Waals surface area contributed by atoms with Crippen molar-refractivity contribution in [3.05, 3.63) is 18.2 Å². The summed E-state index contributed by atoms with van der Waals surface area (Å²) < 4.78 is 55.1. The highest BCUT2D eigenvalue weighted by atomic mass is 32.2. The molecule has 0 aliphatic carbocycles. The first-order chi connectivity index (χ1) is 9.73. The van der Waals surface area contributed by atoms with Crippen LogP contribution >= 0.6 is 0 Å². The van der Waals surface area contributed by atoms with E-state index in [4.69, 9.17) is 10.5 Å². The van der Waals surface area contributed by atoms with Crippen molar-refractivity contribution < 1.29 is 21.6 Å². The van der Waals surface area contributed by atoms with E-state index >= 15 is 0 Å². The van der Waals surface area contributed by atoms with E-state index in [0.29, 0.717) is 18.5 Å². The van der Waals surface area contributed by atoms with E-state index in [1.807, 2.05) is 0 Å². The second-order valence-corrected chi connectivity index (χ2v) is 8.92. The second-order valence-electron chi connectivity index (χ2n) is 4.98. The number of sulfonamides is 1. The van der Waals surface area contributed by atoms with Crippen LogP contribution in [-0.2, 0) is 19.9 Å². The van der Waals surface area contributed by atoms with E-state index in [0.717, 1.165) is 0 Å². The molecule has 21 heavy (non-hydrogen) atoms. The van der Waals surface area contributed by atoms with E-state index in [-0.39, 0.29) is 22.2 Å². The fourth-order valence-electron chi connectivity index (χ4n) is 2.26. The Bertz CT molecular complexity index is 728. The molecule has 7 nitrogen and oxygen atoms in total. The molecule has 9 heteroatoms. The Kier molecular flexibility index (Phi) is 4.45. The zero-order valence-electron chi connectivity index (χ0n) is 11.6. The van der Waals surface area contributed by atoms with Gasteiger partial charge in [0.05, 0.1) is 29.2 Å². The maximum atomic E-state index is 12.3. The van der Waals surface area contributed by atoms with Crippen LogP contribution in [0.15, 0.2) is 23.1 Å². The van der Waals surface area contributed by atoms with Gasteiger partial charge in [0.15, 0.2) is 9.84 Å². The van der Waals surface area contributed by atoms with E-state index < -0.39 is 25.9 Å². The third-order valence-electron chi connectivity index (χ3n) is 3.30. The Morgan fingerprint density at radius 1 is 1.38 bits per heavy atom. The Labute approximate surface area is 124 Å². The molecule has 1 fully saturated rings. The van der Waals surface area contributed by atoms with Gasteiger partial charge in [0.25, 0.3) is 0 Å². The van der Waals surface area contributed by atoms with Crippen LogP contribution in [0.4, 0.5) is 5.69 Å². The number of hydrogen-bond acceptors (Lipinski definition) is 6.